The van der Waals surface area contributed by atoms with Crippen molar-refractivity contribution in [3.05, 3.63) is 58.3 Å². The van der Waals surface area contributed by atoms with Crippen LogP contribution in [-0.4, -0.2) is 11.5 Å². The van der Waals surface area contributed by atoms with Gasteiger partial charge in [0.25, 0.3) is 0 Å². The summed E-state index contributed by atoms with van der Waals surface area (Å²) in [4.78, 5) is 6.68. The summed E-state index contributed by atoms with van der Waals surface area (Å²) >= 11 is 3.61. The Morgan fingerprint density at radius 1 is 1.30 bits per heavy atom. The van der Waals surface area contributed by atoms with Gasteiger partial charge in [-0.25, -0.2) is 0 Å². The van der Waals surface area contributed by atoms with Gasteiger partial charge in [0, 0.05) is 28.9 Å². The molecule has 0 bridgehead atoms. The van der Waals surface area contributed by atoms with Gasteiger partial charge in [0.1, 0.15) is 0 Å². The number of hydrogen-bond donors (Lipinski definition) is 1. The molecule has 3 nitrogen and oxygen atoms in total. The maximum Gasteiger partial charge on any atom is 0.0601 e. The first-order valence-electron chi connectivity index (χ1n) is 6.81. The Bertz CT molecular complexity index is 555. The molecule has 1 atom stereocenters. The van der Waals surface area contributed by atoms with Crippen molar-refractivity contribution in [1.82, 2.24) is 4.98 Å². The molecule has 0 spiro atoms. The van der Waals surface area contributed by atoms with Crippen molar-refractivity contribution < 1.29 is 0 Å². The molecule has 2 rings (SSSR count). The number of nitrogens with zero attached hydrogens (tertiary/aromatic N) is 2. The molecule has 1 heterocycles. The second kappa shape index (κ2) is 6.86. The third-order valence-corrected chi connectivity index (χ3v) is 3.99. The van der Waals surface area contributed by atoms with Gasteiger partial charge in [0.05, 0.1) is 12.2 Å². The Kier molecular flexibility index (Phi) is 5.15. The molecule has 106 valence electrons. The van der Waals surface area contributed by atoms with Gasteiger partial charge < -0.3 is 10.6 Å². The predicted octanol–water partition coefficient (Wildman–Crippen LogP) is 3.89. The molecule has 0 amide bonds. The number of nitrogens with two attached hydrogens (primary N) is 1. The first-order valence-corrected chi connectivity index (χ1v) is 7.61. The van der Waals surface area contributed by atoms with Crippen LogP contribution in [0.5, 0.6) is 0 Å². The maximum absolute atomic E-state index is 5.94. The van der Waals surface area contributed by atoms with Crippen molar-refractivity contribution in [2.75, 3.05) is 11.4 Å². The third kappa shape index (κ3) is 3.58. The Balaban J connectivity index is 2.22. The van der Waals surface area contributed by atoms with Crippen LogP contribution in [0.3, 0.4) is 0 Å². The summed E-state index contributed by atoms with van der Waals surface area (Å²) in [6, 6.07) is 12.4. The molecule has 2 N–H and O–H groups in total. The summed E-state index contributed by atoms with van der Waals surface area (Å²) in [5, 5.41) is 0. The highest BCUT2D eigenvalue weighted by Crippen LogP contribution is 2.28. The fourth-order valence-corrected chi connectivity index (χ4v) is 2.88. The van der Waals surface area contributed by atoms with Crippen LogP contribution in [0.2, 0.25) is 0 Å². The van der Waals surface area contributed by atoms with E-state index in [-0.39, 0.29) is 6.04 Å². The highest BCUT2D eigenvalue weighted by Gasteiger charge is 2.10. The predicted molar refractivity (Wildman–Crippen MR) is 87.7 cm³/mol. The molecule has 20 heavy (non-hydrogen) atoms. The lowest BCUT2D eigenvalue weighted by Gasteiger charge is -2.24. The number of benzene rings is 1. The largest absolute Gasteiger partial charge is 0.366 e. The summed E-state index contributed by atoms with van der Waals surface area (Å²) in [6.07, 6.45) is 1.83. The number of hydrogen-bond acceptors (Lipinski definition) is 3. The van der Waals surface area contributed by atoms with Crippen molar-refractivity contribution in [3.8, 4) is 0 Å². The van der Waals surface area contributed by atoms with Gasteiger partial charge in [-0.3, -0.25) is 4.98 Å². The highest BCUT2D eigenvalue weighted by atomic mass is 79.9. The molecular formula is C16H20BrN3. The summed E-state index contributed by atoms with van der Waals surface area (Å²) < 4.78 is 1.06. The van der Waals surface area contributed by atoms with Gasteiger partial charge in [-0.1, -0.05) is 28.1 Å². The molecular weight excluding hydrogens is 314 g/mol. The molecule has 1 aromatic carbocycles. The van der Waals surface area contributed by atoms with Crippen molar-refractivity contribution in [3.63, 3.8) is 0 Å². The SMILES string of the molecule is CCN(Cc1ccccn1)c1ccc(C(C)N)c(Br)c1. The summed E-state index contributed by atoms with van der Waals surface area (Å²) in [6.45, 7) is 5.88. The smallest absolute Gasteiger partial charge is 0.0601 e. The van der Waals surface area contributed by atoms with Crippen LogP contribution >= 0.6 is 15.9 Å². The molecule has 1 aromatic heterocycles. The zero-order valence-electron chi connectivity index (χ0n) is 11.9. The zero-order valence-corrected chi connectivity index (χ0v) is 13.5. The Morgan fingerprint density at radius 3 is 2.65 bits per heavy atom. The van der Waals surface area contributed by atoms with Crippen molar-refractivity contribution in [2.45, 2.75) is 26.4 Å². The fourth-order valence-electron chi connectivity index (χ4n) is 2.15. The van der Waals surface area contributed by atoms with Gasteiger partial charge in [-0.15, -0.1) is 0 Å². The van der Waals surface area contributed by atoms with Crippen molar-refractivity contribution in [2.24, 2.45) is 5.73 Å². The Morgan fingerprint density at radius 2 is 2.10 bits per heavy atom. The normalized spacial score (nSPS) is 12.2. The number of anilines is 1. The average Bonchev–Trinajstić information content (AvgIpc) is 2.45. The maximum atomic E-state index is 5.94. The van der Waals surface area contributed by atoms with E-state index in [1.54, 1.807) is 0 Å². The van der Waals surface area contributed by atoms with E-state index in [9.17, 15) is 0 Å². The Hall–Kier alpha value is -1.39. The van der Waals surface area contributed by atoms with Crippen LogP contribution in [0.4, 0.5) is 5.69 Å². The minimum Gasteiger partial charge on any atom is -0.366 e. The van der Waals surface area contributed by atoms with E-state index < -0.39 is 0 Å². The molecule has 0 fully saturated rings. The van der Waals surface area contributed by atoms with Gasteiger partial charge in [-0.2, -0.15) is 0 Å². The molecule has 0 aliphatic heterocycles. The van der Waals surface area contributed by atoms with Crippen LogP contribution in [0, 0.1) is 0 Å². The van der Waals surface area contributed by atoms with Crippen molar-refractivity contribution in [1.29, 1.82) is 0 Å². The third-order valence-electron chi connectivity index (χ3n) is 3.30. The van der Waals surface area contributed by atoms with Gasteiger partial charge in [0.15, 0.2) is 0 Å². The van der Waals surface area contributed by atoms with Crippen molar-refractivity contribution >= 4 is 21.6 Å². The van der Waals surface area contributed by atoms with Gasteiger partial charge in [0.2, 0.25) is 0 Å². The minimum absolute atomic E-state index is 0.0318. The van der Waals surface area contributed by atoms with E-state index in [0.29, 0.717) is 0 Å². The lowest BCUT2D eigenvalue weighted by molar-refractivity contribution is 0.798. The fraction of sp³-hybridized carbons (Fsp3) is 0.312. The topological polar surface area (TPSA) is 42.2 Å². The molecule has 0 saturated carbocycles. The average molecular weight is 334 g/mol. The lowest BCUT2D eigenvalue weighted by Crippen LogP contribution is -2.22. The van der Waals surface area contributed by atoms with Crippen LogP contribution < -0.4 is 10.6 Å². The molecule has 4 heteroatoms. The van der Waals surface area contributed by atoms with Crippen LogP contribution in [0.15, 0.2) is 47.1 Å². The van der Waals surface area contributed by atoms with E-state index in [1.807, 2.05) is 31.3 Å². The quantitative estimate of drug-likeness (QED) is 0.902. The molecule has 2 aromatic rings. The lowest BCUT2D eigenvalue weighted by atomic mass is 10.1. The monoisotopic (exact) mass is 333 g/mol. The summed E-state index contributed by atoms with van der Waals surface area (Å²) in [7, 11) is 0. The Labute approximate surface area is 129 Å². The molecule has 0 aliphatic rings. The van der Waals surface area contributed by atoms with E-state index >= 15 is 0 Å². The van der Waals surface area contributed by atoms with Crippen LogP contribution in [-0.2, 0) is 6.54 Å². The molecule has 0 saturated heterocycles. The first-order chi connectivity index (χ1) is 9.61. The standard InChI is InChI=1S/C16H20BrN3/c1-3-20(11-13-6-4-5-9-19-13)14-7-8-15(12(2)18)16(17)10-14/h4-10,12H,3,11,18H2,1-2H3. The molecule has 0 aliphatic carbocycles. The number of rotatable bonds is 5. The highest BCUT2D eigenvalue weighted by molar-refractivity contribution is 9.10. The first kappa shape index (κ1) is 15.0. The summed E-state index contributed by atoms with van der Waals surface area (Å²) in [5.74, 6) is 0. The van der Waals surface area contributed by atoms with E-state index in [1.165, 1.54) is 5.69 Å². The molecule has 0 radical (unpaired) electrons. The zero-order chi connectivity index (χ0) is 14.5. The number of aromatic nitrogens is 1. The van der Waals surface area contributed by atoms with Gasteiger partial charge in [-0.05, 0) is 43.7 Å². The second-order valence-electron chi connectivity index (χ2n) is 4.83. The van der Waals surface area contributed by atoms with Crippen LogP contribution in [0.25, 0.3) is 0 Å². The molecule has 1 unspecified atom stereocenters. The van der Waals surface area contributed by atoms with Crippen LogP contribution in [0.1, 0.15) is 31.1 Å². The minimum atomic E-state index is 0.0318. The van der Waals surface area contributed by atoms with E-state index in [2.05, 4.69) is 50.9 Å². The van der Waals surface area contributed by atoms with Gasteiger partial charge >= 0.3 is 0 Å². The van der Waals surface area contributed by atoms with E-state index in [4.69, 9.17) is 5.73 Å². The number of halogens is 1. The van der Waals surface area contributed by atoms with E-state index in [0.717, 1.165) is 28.8 Å². The summed E-state index contributed by atoms with van der Waals surface area (Å²) in [5.41, 5.74) is 9.32. The second-order valence-corrected chi connectivity index (χ2v) is 5.68. The number of pyridine rings is 1.